The first-order chi connectivity index (χ1) is 14.3. The molecule has 0 aliphatic heterocycles. The number of rotatable bonds is 7. The molecule has 2 aromatic carbocycles. The van der Waals surface area contributed by atoms with Gasteiger partial charge in [-0.3, -0.25) is 0 Å². The molecule has 0 fully saturated rings. The molecule has 0 saturated heterocycles. The van der Waals surface area contributed by atoms with Gasteiger partial charge in [-0.1, -0.05) is 0 Å². The van der Waals surface area contributed by atoms with Gasteiger partial charge in [0.15, 0.2) is 0 Å². The van der Waals surface area contributed by atoms with Gasteiger partial charge in [-0.05, 0) is 0 Å². The average Bonchev–Trinajstić information content (AvgIpc) is 2.74. The monoisotopic (exact) mass is 622 g/mol. The van der Waals surface area contributed by atoms with E-state index in [9.17, 15) is 23.3 Å². The van der Waals surface area contributed by atoms with Crippen molar-refractivity contribution in [1.82, 2.24) is 4.98 Å². The van der Waals surface area contributed by atoms with Crippen molar-refractivity contribution in [2.45, 2.75) is 11.8 Å². The number of carbonyl (C=O) groups is 1. The molecule has 0 N–H and O–H groups in total. The molecule has 11 heteroatoms. The van der Waals surface area contributed by atoms with Crippen LogP contribution in [-0.2, 0) is 17.6 Å². The standard InChI is InChI=1S/C17H12N3O4S.C2H4O2.Po/c21-20(22)16-10-3-4-11-17(16)25(23,24)19-15-9-2-1-7-13(15)14-8-5-6-12-18-14;1-2(3)4;/h1-12H;1H3,(H,3,4);/q-1;;+2/p-1. The van der Waals surface area contributed by atoms with Crippen LogP contribution in [0.25, 0.3) is 11.3 Å². The number of hydrogen-bond donors (Lipinski definition) is 0. The van der Waals surface area contributed by atoms with Crippen molar-refractivity contribution in [3.63, 3.8) is 0 Å². The molecule has 3 rings (SSSR count). The van der Waals surface area contributed by atoms with E-state index < -0.39 is 55.8 Å². The molecule has 0 unspecified atom stereocenters. The summed E-state index contributed by atoms with van der Waals surface area (Å²) in [6.07, 6.45) is 1.57. The molecule has 154 valence electrons. The summed E-state index contributed by atoms with van der Waals surface area (Å²) in [5, 5.41) is 11.4. The molecule has 0 saturated carbocycles. The van der Waals surface area contributed by atoms with E-state index in [1.165, 1.54) is 19.1 Å². The Bertz CT molecular complexity index is 1190. The maximum absolute atomic E-state index is 13.5. The molecule has 0 spiro atoms. The van der Waals surface area contributed by atoms with E-state index in [0.717, 1.165) is 14.3 Å². The minimum absolute atomic E-state index is 0.237. The normalized spacial score (nSPS) is 11.0. The number of nitro groups is 1. The summed E-state index contributed by atoms with van der Waals surface area (Å²) in [6, 6.07) is 16.9. The molecule has 0 bridgehead atoms. The Morgan fingerprint density at radius 2 is 1.73 bits per heavy atom. The molecule has 1 aromatic heterocycles. The van der Waals surface area contributed by atoms with Crippen molar-refractivity contribution in [3.8, 4) is 11.3 Å². The zero-order valence-corrected chi connectivity index (χ0v) is 19.5. The number of para-hydroxylation sites is 2. The van der Waals surface area contributed by atoms with Crippen LogP contribution in [0.15, 0.2) is 77.8 Å². The van der Waals surface area contributed by atoms with E-state index in [2.05, 4.69) is 4.98 Å². The zero-order valence-electron chi connectivity index (χ0n) is 15.5. The first kappa shape index (κ1) is 21.8. The van der Waals surface area contributed by atoms with Crippen LogP contribution in [0.5, 0.6) is 0 Å². The molecule has 0 atom stereocenters. The van der Waals surface area contributed by atoms with E-state index in [1.807, 2.05) is 0 Å². The minimum atomic E-state index is -4.40. The van der Waals surface area contributed by atoms with Gasteiger partial charge in [0, 0.05) is 0 Å². The first-order valence-electron chi connectivity index (χ1n) is 8.47. The van der Waals surface area contributed by atoms with E-state index in [1.54, 1.807) is 48.7 Å². The van der Waals surface area contributed by atoms with Crippen LogP contribution in [0.4, 0.5) is 11.4 Å². The Morgan fingerprint density at radius 3 is 2.40 bits per heavy atom. The summed E-state index contributed by atoms with van der Waals surface area (Å²) < 4.78 is 33.1. The predicted octanol–water partition coefficient (Wildman–Crippen LogP) is 2.95. The van der Waals surface area contributed by atoms with E-state index >= 15 is 0 Å². The van der Waals surface area contributed by atoms with Gasteiger partial charge in [-0.25, -0.2) is 0 Å². The SMILES string of the molecule is CC(=O)[O][Po][N](c1ccccc1-c1ccccn1)S(=O)(=O)c1ccccc1[N+](=O)[O-]. The van der Waals surface area contributed by atoms with Gasteiger partial charge in [0.2, 0.25) is 0 Å². The molecule has 9 nitrogen and oxygen atoms in total. The van der Waals surface area contributed by atoms with Crippen LogP contribution >= 0.6 is 0 Å². The number of nitro benzene ring substituents is 1. The molecule has 30 heavy (non-hydrogen) atoms. The number of carbonyl (C=O) groups excluding carboxylic acids is 1. The van der Waals surface area contributed by atoms with Crippen molar-refractivity contribution in [3.05, 3.63) is 83.0 Å². The molecule has 0 radical (unpaired) electrons. The van der Waals surface area contributed by atoms with Crippen molar-refractivity contribution in [2.24, 2.45) is 0 Å². The molecular weight excluding hydrogens is 607 g/mol. The van der Waals surface area contributed by atoms with Crippen molar-refractivity contribution in [2.75, 3.05) is 2.20 Å². The third kappa shape index (κ3) is 4.63. The number of pyridine rings is 1. The van der Waals surface area contributed by atoms with Gasteiger partial charge in [0.05, 0.1) is 0 Å². The number of sulfonamides is 1. The van der Waals surface area contributed by atoms with Gasteiger partial charge in [0.25, 0.3) is 0 Å². The topological polar surface area (TPSA) is 120 Å². The molecule has 0 aliphatic carbocycles. The van der Waals surface area contributed by atoms with Crippen molar-refractivity contribution in [1.29, 1.82) is 0 Å². The summed E-state index contributed by atoms with van der Waals surface area (Å²) in [6.45, 7) is 1.18. The summed E-state index contributed by atoms with van der Waals surface area (Å²) in [5.74, 6) is -0.627. The Balaban J connectivity index is 2.21. The van der Waals surface area contributed by atoms with Gasteiger partial charge in [-0.15, -0.1) is 0 Å². The number of nitrogens with zero attached hydrogens (tertiary/aromatic N) is 3. The number of hydrogen-bond acceptors (Lipinski definition) is 7. The number of benzene rings is 2. The van der Waals surface area contributed by atoms with E-state index in [-0.39, 0.29) is 5.69 Å². The van der Waals surface area contributed by atoms with Gasteiger partial charge >= 0.3 is 186 Å². The van der Waals surface area contributed by atoms with Crippen LogP contribution in [0, 0.1) is 10.1 Å². The van der Waals surface area contributed by atoms with Gasteiger partial charge < -0.3 is 0 Å². The summed E-state index contributed by atoms with van der Waals surface area (Å²) in [7, 11) is -4.40. The second-order valence-corrected chi connectivity index (χ2v) is 11.2. The van der Waals surface area contributed by atoms with E-state index in [4.69, 9.17) is 2.77 Å². The Labute approximate surface area is 185 Å². The Hall–Kier alpha value is -2.89. The second kappa shape index (κ2) is 9.28. The third-order valence-electron chi connectivity index (χ3n) is 3.82. The van der Waals surface area contributed by atoms with Gasteiger partial charge in [-0.2, -0.15) is 0 Å². The van der Waals surface area contributed by atoms with Crippen molar-refractivity contribution < 1.29 is 20.9 Å². The second-order valence-electron chi connectivity index (χ2n) is 5.84. The van der Waals surface area contributed by atoms with Crippen LogP contribution in [0.3, 0.4) is 0 Å². The first-order valence-corrected chi connectivity index (χ1v) is 12.6. The summed E-state index contributed by atoms with van der Waals surface area (Å²) >= 11 is -2.50. The molecule has 3 aromatic rings. The number of anilines is 1. The quantitative estimate of drug-likeness (QED) is 0.294. The molecular formula is C19H15N3O6PoS. The summed E-state index contributed by atoms with van der Waals surface area (Å²) in [4.78, 5) is 25.9. The zero-order chi connectivity index (χ0) is 21.7. The van der Waals surface area contributed by atoms with Crippen LogP contribution in [0.1, 0.15) is 6.92 Å². The van der Waals surface area contributed by atoms with Crippen LogP contribution < -0.4 is 2.20 Å². The fraction of sp³-hybridized carbons (Fsp3) is 0.0526. The Morgan fingerprint density at radius 1 is 1.07 bits per heavy atom. The van der Waals surface area contributed by atoms with Crippen molar-refractivity contribution >= 4 is 51.7 Å². The van der Waals surface area contributed by atoms with Gasteiger partial charge in [0.1, 0.15) is 0 Å². The molecule has 0 aliphatic rings. The maximum atomic E-state index is 13.5. The molecule has 0 amide bonds. The average molecular weight is 622 g/mol. The fourth-order valence-electron chi connectivity index (χ4n) is 2.58. The third-order valence-corrected chi connectivity index (χ3v) is 10.7. The molecule has 1 heterocycles. The Kier molecular flexibility index (Phi) is 6.75. The fourth-order valence-corrected chi connectivity index (χ4v) is 7.66. The van der Waals surface area contributed by atoms with Crippen LogP contribution in [0.2, 0.25) is 0 Å². The number of aromatic nitrogens is 1. The predicted molar refractivity (Wildman–Crippen MR) is 110 cm³/mol. The van der Waals surface area contributed by atoms with Crippen LogP contribution in [-0.4, -0.2) is 48.6 Å². The summed E-state index contributed by atoms with van der Waals surface area (Å²) in [5.41, 5.74) is 0.685. The van der Waals surface area contributed by atoms with E-state index in [0.29, 0.717) is 11.3 Å².